The molecule has 1 unspecified atom stereocenters. The molecule has 144 valence electrons. The van der Waals surface area contributed by atoms with Gasteiger partial charge in [0.25, 0.3) is 0 Å². The Morgan fingerprint density at radius 1 is 1.40 bits per heavy atom. The monoisotopic (exact) mass is 476 g/mol. The summed E-state index contributed by atoms with van der Waals surface area (Å²) in [7, 11) is 1.61. The minimum absolute atomic E-state index is 0. The first kappa shape index (κ1) is 23.7. The van der Waals surface area contributed by atoms with Crippen LogP contribution >= 0.6 is 24.0 Å². The van der Waals surface area contributed by atoms with Gasteiger partial charge in [0.1, 0.15) is 0 Å². The van der Waals surface area contributed by atoms with Gasteiger partial charge in [-0.1, -0.05) is 0 Å². The molecule has 6 nitrogen and oxygen atoms in total. The number of aliphatic imine (C=N–C) groups is 1. The molecule has 0 aliphatic rings. The van der Waals surface area contributed by atoms with Crippen molar-refractivity contribution in [1.82, 2.24) is 15.6 Å². The molecule has 1 aromatic heterocycles. The lowest BCUT2D eigenvalue weighted by atomic mass is 10.3. The van der Waals surface area contributed by atoms with Crippen LogP contribution in [0.4, 0.5) is 13.2 Å². The lowest BCUT2D eigenvalue weighted by molar-refractivity contribution is -0.154. The number of pyridine rings is 1. The van der Waals surface area contributed by atoms with Crippen molar-refractivity contribution in [3.05, 3.63) is 23.9 Å². The van der Waals surface area contributed by atoms with Gasteiger partial charge in [-0.3, -0.25) is 0 Å². The van der Waals surface area contributed by atoms with Crippen LogP contribution in [0.3, 0.4) is 0 Å². The van der Waals surface area contributed by atoms with Crippen LogP contribution in [0.2, 0.25) is 0 Å². The summed E-state index contributed by atoms with van der Waals surface area (Å²) in [5.74, 6) is 0.516. The van der Waals surface area contributed by atoms with E-state index >= 15 is 0 Å². The number of methoxy groups -OCH3 is 1. The fourth-order valence-electron chi connectivity index (χ4n) is 1.80. The van der Waals surface area contributed by atoms with Crippen LogP contribution in [-0.2, 0) is 11.3 Å². The zero-order valence-corrected chi connectivity index (χ0v) is 16.7. The number of hydrogen-bond donors (Lipinski definition) is 2. The first-order valence-corrected chi connectivity index (χ1v) is 7.52. The second-order valence-corrected chi connectivity index (χ2v) is 5.10. The number of guanidine groups is 1. The lowest BCUT2D eigenvalue weighted by Crippen LogP contribution is -2.43. The van der Waals surface area contributed by atoms with E-state index in [4.69, 9.17) is 4.74 Å². The summed E-state index contributed by atoms with van der Waals surface area (Å²) in [5, 5.41) is 6.26. The summed E-state index contributed by atoms with van der Waals surface area (Å²) in [6.07, 6.45) is -3.00. The van der Waals surface area contributed by atoms with Crippen LogP contribution in [0, 0.1) is 0 Å². The van der Waals surface area contributed by atoms with Crippen molar-refractivity contribution < 1.29 is 22.6 Å². The molecule has 0 bridgehead atoms. The first-order valence-electron chi connectivity index (χ1n) is 7.52. The van der Waals surface area contributed by atoms with Gasteiger partial charge in [-0.15, -0.1) is 24.0 Å². The normalized spacial score (nSPS) is 13.0. The zero-order chi connectivity index (χ0) is 18.0. The smallest absolute Gasteiger partial charge is 0.422 e. The number of nitrogens with one attached hydrogen (secondary N) is 2. The van der Waals surface area contributed by atoms with Crippen molar-refractivity contribution in [1.29, 1.82) is 0 Å². The first-order chi connectivity index (χ1) is 11.3. The average molecular weight is 476 g/mol. The van der Waals surface area contributed by atoms with Gasteiger partial charge in [-0.05, 0) is 25.5 Å². The van der Waals surface area contributed by atoms with E-state index in [1.807, 2.05) is 13.8 Å². The minimum atomic E-state index is -4.39. The summed E-state index contributed by atoms with van der Waals surface area (Å²) in [6, 6.07) is 3.18. The third-order valence-electron chi connectivity index (χ3n) is 2.75. The third kappa shape index (κ3) is 11.0. The molecule has 1 heterocycles. The van der Waals surface area contributed by atoms with E-state index in [1.54, 1.807) is 13.2 Å². The average Bonchev–Trinajstić information content (AvgIpc) is 2.51. The molecular formula is C15H24F3IN4O2. The molecule has 0 aliphatic heterocycles. The predicted octanol–water partition coefficient (Wildman–Crippen LogP) is 2.73. The van der Waals surface area contributed by atoms with E-state index < -0.39 is 12.8 Å². The van der Waals surface area contributed by atoms with Gasteiger partial charge in [0.05, 0.1) is 13.2 Å². The van der Waals surface area contributed by atoms with E-state index in [0.29, 0.717) is 24.7 Å². The van der Waals surface area contributed by atoms with Crippen LogP contribution in [0.25, 0.3) is 0 Å². The molecule has 0 fully saturated rings. The van der Waals surface area contributed by atoms with Gasteiger partial charge in [0.2, 0.25) is 5.88 Å². The van der Waals surface area contributed by atoms with Crippen molar-refractivity contribution in [2.24, 2.45) is 4.99 Å². The molecule has 1 atom stereocenters. The molecular weight excluding hydrogens is 452 g/mol. The van der Waals surface area contributed by atoms with Gasteiger partial charge in [-0.25, -0.2) is 9.98 Å². The molecule has 1 rings (SSSR count). The Kier molecular flexibility index (Phi) is 11.5. The zero-order valence-electron chi connectivity index (χ0n) is 14.4. The van der Waals surface area contributed by atoms with Gasteiger partial charge < -0.3 is 20.1 Å². The molecule has 0 amide bonds. The summed E-state index contributed by atoms with van der Waals surface area (Å²) in [5.41, 5.74) is 0.693. The molecule has 0 saturated heterocycles. The second kappa shape index (κ2) is 12.1. The quantitative estimate of drug-likeness (QED) is 0.343. The van der Waals surface area contributed by atoms with E-state index in [-0.39, 0.29) is 42.4 Å². The highest BCUT2D eigenvalue weighted by Crippen LogP contribution is 2.17. The standard InChI is InChI=1S/C15H23F3N4O2.HI/c1-4-19-14(22-11(2)9-23-3)21-8-12-5-6-20-13(7-12)24-10-15(16,17)18;/h5-7,11H,4,8-10H2,1-3H3,(H2,19,21,22);1H. The summed E-state index contributed by atoms with van der Waals surface area (Å²) < 4.78 is 46.2. The maximum absolute atomic E-state index is 12.2. The predicted molar refractivity (Wildman–Crippen MR) is 100 cm³/mol. The Morgan fingerprint density at radius 2 is 2.12 bits per heavy atom. The topological polar surface area (TPSA) is 67.8 Å². The van der Waals surface area contributed by atoms with Crippen molar-refractivity contribution in [2.45, 2.75) is 32.6 Å². The van der Waals surface area contributed by atoms with Crippen molar-refractivity contribution in [3.8, 4) is 5.88 Å². The van der Waals surface area contributed by atoms with E-state index in [2.05, 4.69) is 25.3 Å². The molecule has 0 radical (unpaired) electrons. The van der Waals surface area contributed by atoms with Gasteiger partial charge in [-0.2, -0.15) is 13.2 Å². The summed E-state index contributed by atoms with van der Waals surface area (Å²) in [6.45, 7) is 4.00. The number of ether oxygens (including phenoxy) is 2. The van der Waals surface area contributed by atoms with Crippen molar-refractivity contribution in [2.75, 3.05) is 26.9 Å². The Hall–Kier alpha value is -1.30. The molecule has 0 aliphatic carbocycles. The highest BCUT2D eigenvalue weighted by Gasteiger charge is 2.28. The van der Waals surface area contributed by atoms with Gasteiger partial charge in [0, 0.05) is 32.0 Å². The highest BCUT2D eigenvalue weighted by molar-refractivity contribution is 14.0. The minimum Gasteiger partial charge on any atom is -0.468 e. The molecule has 25 heavy (non-hydrogen) atoms. The number of rotatable bonds is 8. The third-order valence-corrected chi connectivity index (χ3v) is 2.75. The Bertz CT molecular complexity index is 530. The molecule has 10 heteroatoms. The number of halogens is 4. The van der Waals surface area contributed by atoms with Crippen LogP contribution in [-0.4, -0.2) is 50.0 Å². The Morgan fingerprint density at radius 3 is 2.72 bits per heavy atom. The number of aromatic nitrogens is 1. The fourth-order valence-corrected chi connectivity index (χ4v) is 1.80. The second-order valence-electron chi connectivity index (χ2n) is 5.10. The van der Waals surface area contributed by atoms with Crippen LogP contribution in [0.15, 0.2) is 23.3 Å². The summed E-state index contributed by atoms with van der Waals surface area (Å²) >= 11 is 0. The number of hydrogen-bond acceptors (Lipinski definition) is 4. The summed E-state index contributed by atoms with van der Waals surface area (Å²) in [4.78, 5) is 8.15. The van der Waals surface area contributed by atoms with Crippen molar-refractivity contribution in [3.63, 3.8) is 0 Å². The van der Waals surface area contributed by atoms with Gasteiger partial charge >= 0.3 is 6.18 Å². The van der Waals surface area contributed by atoms with E-state index in [0.717, 1.165) is 0 Å². The van der Waals surface area contributed by atoms with Crippen molar-refractivity contribution >= 4 is 29.9 Å². The molecule has 1 aromatic rings. The van der Waals surface area contributed by atoms with Crippen LogP contribution in [0.5, 0.6) is 5.88 Å². The van der Waals surface area contributed by atoms with Crippen LogP contribution < -0.4 is 15.4 Å². The maximum atomic E-state index is 12.2. The number of nitrogens with zero attached hydrogens (tertiary/aromatic N) is 2. The maximum Gasteiger partial charge on any atom is 0.422 e. The highest BCUT2D eigenvalue weighted by atomic mass is 127. The fraction of sp³-hybridized carbons (Fsp3) is 0.600. The number of alkyl halides is 3. The molecule has 0 aromatic carbocycles. The van der Waals surface area contributed by atoms with E-state index in [9.17, 15) is 13.2 Å². The molecule has 0 spiro atoms. The SMILES string of the molecule is CCNC(=NCc1ccnc(OCC(F)(F)F)c1)NC(C)COC.I. The molecule has 0 saturated carbocycles. The van der Waals surface area contributed by atoms with E-state index in [1.165, 1.54) is 12.3 Å². The lowest BCUT2D eigenvalue weighted by Gasteiger charge is -2.17. The van der Waals surface area contributed by atoms with Gasteiger partial charge in [0.15, 0.2) is 12.6 Å². The largest absolute Gasteiger partial charge is 0.468 e. The van der Waals surface area contributed by atoms with Crippen LogP contribution in [0.1, 0.15) is 19.4 Å². The Labute approximate surface area is 162 Å². The molecule has 2 N–H and O–H groups in total. The Balaban J connectivity index is 0.00000576.